The third-order valence-corrected chi connectivity index (χ3v) is 2.74. The maximum absolute atomic E-state index is 4.84. The number of nitrogens with one attached hydrogen (secondary N) is 1. The van der Waals surface area contributed by atoms with Crippen molar-refractivity contribution in [2.24, 2.45) is 0 Å². The fourth-order valence-corrected chi connectivity index (χ4v) is 1.77. The van der Waals surface area contributed by atoms with Crippen LogP contribution in [0.5, 0.6) is 0 Å². The zero-order valence-electron chi connectivity index (χ0n) is 9.97. The Labute approximate surface area is 112 Å². The first-order valence-electron chi connectivity index (χ1n) is 5.69. The predicted octanol–water partition coefficient (Wildman–Crippen LogP) is 3.68. The minimum Gasteiger partial charge on any atom is -0.345 e. The topological polar surface area (TPSA) is 28.7 Å². The van der Waals surface area contributed by atoms with E-state index in [-0.39, 0.29) is 0 Å². The normalized spacial score (nSPS) is 10.7. The number of hydrogen-bond donors (Lipinski definition) is 1. The van der Waals surface area contributed by atoms with Gasteiger partial charge in [0.05, 0.1) is 0 Å². The minimum absolute atomic E-state index is 0.795. The predicted molar refractivity (Wildman–Crippen MR) is 80.5 cm³/mol. The maximum Gasteiger partial charge on any atom is 0.136 e. The molecule has 0 spiro atoms. The van der Waals surface area contributed by atoms with E-state index in [1.54, 1.807) is 17.8 Å². The van der Waals surface area contributed by atoms with Gasteiger partial charge in [0.1, 0.15) is 5.82 Å². The van der Waals surface area contributed by atoms with Gasteiger partial charge in [0, 0.05) is 24.4 Å². The molecule has 0 amide bonds. The van der Waals surface area contributed by atoms with Crippen molar-refractivity contribution >= 4 is 29.2 Å². The van der Waals surface area contributed by atoms with Crippen LogP contribution in [-0.4, -0.2) is 15.3 Å². The lowest BCUT2D eigenvalue weighted by Crippen LogP contribution is -1.84. The molecule has 0 unspecified atom stereocenters. The first kappa shape index (κ1) is 12.5. The molecule has 0 bridgehead atoms. The summed E-state index contributed by atoms with van der Waals surface area (Å²) in [5, 5.41) is 1.74. The summed E-state index contributed by atoms with van der Waals surface area (Å²) in [5.41, 5.74) is 3.23. The van der Waals surface area contributed by atoms with E-state index in [1.807, 2.05) is 12.2 Å². The molecule has 3 heteroatoms. The van der Waals surface area contributed by atoms with Crippen LogP contribution in [0.25, 0.3) is 11.6 Å². The molecule has 1 heterocycles. The van der Waals surface area contributed by atoms with Gasteiger partial charge in [-0.05, 0) is 16.5 Å². The Morgan fingerprint density at radius 1 is 1.33 bits per heavy atom. The maximum atomic E-state index is 4.84. The van der Waals surface area contributed by atoms with Crippen LogP contribution in [0.1, 0.15) is 17.0 Å². The SMILES string of the molecule is C=C(/C=C/c1ccc(CC=S)cc1)c1ncc[nH]1. The fourth-order valence-electron chi connectivity index (χ4n) is 1.58. The van der Waals surface area contributed by atoms with Gasteiger partial charge in [-0.3, -0.25) is 0 Å². The molecule has 0 fully saturated rings. The van der Waals surface area contributed by atoms with Gasteiger partial charge in [-0.2, -0.15) is 0 Å². The molecule has 2 rings (SSSR count). The van der Waals surface area contributed by atoms with Crippen molar-refractivity contribution < 1.29 is 0 Å². The zero-order valence-corrected chi connectivity index (χ0v) is 10.8. The Morgan fingerprint density at radius 2 is 2.11 bits per heavy atom. The molecule has 0 atom stereocenters. The number of imidazole rings is 1. The highest BCUT2D eigenvalue weighted by Gasteiger charge is 1.96. The smallest absolute Gasteiger partial charge is 0.136 e. The molecule has 0 aliphatic carbocycles. The summed E-state index contributed by atoms with van der Waals surface area (Å²) in [5.74, 6) is 0.795. The molecule has 1 aromatic heterocycles. The molecule has 0 radical (unpaired) electrons. The Balaban J connectivity index is 2.05. The average Bonchev–Trinajstić information content (AvgIpc) is 2.92. The molecule has 0 saturated carbocycles. The lowest BCUT2D eigenvalue weighted by atomic mass is 10.1. The van der Waals surface area contributed by atoms with Gasteiger partial charge in [0.15, 0.2) is 0 Å². The summed E-state index contributed by atoms with van der Waals surface area (Å²) in [6.07, 6.45) is 8.31. The van der Waals surface area contributed by atoms with Crippen LogP contribution in [0.15, 0.2) is 49.3 Å². The van der Waals surface area contributed by atoms with E-state index < -0.39 is 0 Å². The lowest BCUT2D eigenvalue weighted by molar-refractivity contribution is 1.25. The van der Waals surface area contributed by atoms with Crippen LogP contribution >= 0.6 is 12.2 Å². The quantitative estimate of drug-likeness (QED) is 0.651. The van der Waals surface area contributed by atoms with Crippen LogP contribution in [0.4, 0.5) is 0 Å². The van der Waals surface area contributed by atoms with Gasteiger partial charge in [-0.15, -0.1) is 0 Å². The Morgan fingerprint density at radius 3 is 2.72 bits per heavy atom. The van der Waals surface area contributed by atoms with E-state index in [0.717, 1.165) is 23.4 Å². The van der Waals surface area contributed by atoms with Gasteiger partial charge in [-0.1, -0.05) is 55.2 Å². The number of nitrogens with zero attached hydrogens (tertiary/aromatic N) is 1. The Kier molecular flexibility index (Phi) is 4.20. The zero-order chi connectivity index (χ0) is 12.8. The average molecular weight is 254 g/mol. The summed E-state index contributed by atoms with van der Waals surface area (Å²) >= 11 is 4.84. The molecule has 1 N–H and O–H groups in total. The van der Waals surface area contributed by atoms with Crippen LogP contribution in [-0.2, 0) is 6.42 Å². The van der Waals surface area contributed by atoms with Crippen LogP contribution in [0.3, 0.4) is 0 Å². The van der Waals surface area contributed by atoms with Crippen LogP contribution in [0, 0.1) is 0 Å². The van der Waals surface area contributed by atoms with Crippen molar-refractivity contribution in [1.29, 1.82) is 0 Å². The third-order valence-electron chi connectivity index (χ3n) is 2.58. The van der Waals surface area contributed by atoms with E-state index in [2.05, 4.69) is 40.8 Å². The fraction of sp³-hybridized carbons (Fsp3) is 0.0667. The summed E-state index contributed by atoms with van der Waals surface area (Å²) < 4.78 is 0. The Bertz CT molecular complexity index is 551. The highest BCUT2D eigenvalue weighted by atomic mass is 32.1. The minimum atomic E-state index is 0.795. The molecule has 1 aromatic carbocycles. The molecule has 18 heavy (non-hydrogen) atoms. The third kappa shape index (κ3) is 3.25. The second-order valence-corrected chi connectivity index (χ2v) is 4.24. The number of hydrogen-bond acceptors (Lipinski definition) is 2. The van der Waals surface area contributed by atoms with E-state index in [9.17, 15) is 0 Å². The molecule has 2 nitrogen and oxygen atoms in total. The molecule has 0 aliphatic heterocycles. The Hall–Kier alpha value is -2.00. The number of rotatable bonds is 5. The van der Waals surface area contributed by atoms with Crippen molar-refractivity contribution in [1.82, 2.24) is 9.97 Å². The van der Waals surface area contributed by atoms with E-state index in [0.29, 0.717) is 0 Å². The van der Waals surface area contributed by atoms with Gasteiger partial charge in [-0.25, -0.2) is 4.98 Å². The highest BCUT2D eigenvalue weighted by molar-refractivity contribution is 7.78. The molecule has 0 aliphatic rings. The van der Waals surface area contributed by atoms with Crippen molar-refractivity contribution in [3.63, 3.8) is 0 Å². The van der Waals surface area contributed by atoms with Gasteiger partial charge in [0.25, 0.3) is 0 Å². The lowest BCUT2D eigenvalue weighted by Gasteiger charge is -1.98. The summed E-state index contributed by atoms with van der Waals surface area (Å²) in [6.45, 7) is 3.96. The largest absolute Gasteiger partial charge is 0.345 e. The number of benzene rings is 1. The van der Waals surface area contributed by atoms with Crippen LogP contribution in [0.2, 0.25) is 0 Å². The van der Waals surface area contributed by atoms with Crippen molar-refractivity contribution in [3.05, 3.63) is 66.3 Å². The van der Waals surface area contributed by atoms with Crippen molar-refractivity contribution in [2.75, 3.05) is 0 Å². The number of thiocarbonyl (C=S) groups is 1. The summed E-state index contributed by atoms with van der Waals surface area (Å²) in [7, 11) is 0. The van der Waals surface area contributed by atoms with Crippen LogP contribution < -0.4 is 0 Å². The number of aromatic amines is 1. The second kappa shape index (κ2) is 6.07. The van der Waals surface area contributed by atoms with Gasteiger partial charge in [0.2, 0.25) is 0 Å². The monoisotopic (exact) mass is 254 g/mol. The number of allylic oxidation sites excluding steroid dienone is 2. The van der Waals surface area contributed by atoms with E-state index >= 15 is 0 Å². The summed E-state index contributed by atoms with van der Waals surface area (Å²) in [6, 6.07) is 8.30. The number of aromatic nitrogens is 2. The molecule has 2 aromatic rings. The molecular formula is C15H14N2S. The molecule has 0 saturated heterocycles. The molecular weight excluding hydrogens is 240 g/mol. The number of H-pyrrole nitrogens is 1. The first-order chi connectivity index (χ1) is 8.79. The van der Waals surface area contributed by atoms with Gasteiger partial charge >= 0.3 is 0 Å². The van der Waals surface area contributed by atoms with Gasteiger partial charge < -0.3 is 4.98 Å². The first-order valence-corrected chi connectivity index (χ1v) is 6.16. The summed E-state index contributed by atoms with van der Waals surface area (Å²) in [4.78, 5) is 7.17. The van der Waals surface area contributed by atoms with E-state index in [4.69, 9.17) is 12.2 Å². The molecule has 90 valence electrons. The second-order valence-electron chi connectivity index (χ2n) is 3.91. The van der Waals surface area contributed by atoms with E-state index in [1.165, 1.54) is 5.56 Å². The standard InChI is InChI=1S/C15H14N2S/c1-12(15-16-9-10-17-15)2-3-13-4-6-14(7-5-13)8-11-18/h2-7,9-11H,1,8H2,(H,16,17)/b3-2+. The highest BCUT2D eigenvalue weighted by Crippen LogP contribution is 2.12. The van der Waals surface area contributed by atoms with Crippen molar-refractivity contribution in [3.8, 4) is 0 Å². The van der Waals surface area contributed by atoms with Crippen molar-refractivity contribution in [2.45, 2.75) is 6.42 Å².